The van der Waals surface area contributed by atoms with Crippen LogP contribution in [0.1, 0.15) is 59.6 Å². The van der Waals surface area contributed by atoms with E-state index in [-0.39, 0.29) is 11.5 Å². The van der Waals surface area contributed by atoms with E-state index in [0.29, 0.717) is 28.7 Å². The van der Waals surface area contributed by atoms with Gasteiger partial charge in [-0.1, -0.05) is 19.9 Å². The van der Waals surface area contributed by atoms with Crippen LogP contribution in [0.3, 0.4) is 0 Å². The first-order valence-corrected chi connectivity index (χ1v) is 10.4. The van der Waals surface area contributed by atoms with Crippen LogP contribution in [0.2, 0.25) is 0 Å². The number of hydrogen-bond donors (Lipinski definition) is 0. The molecule has 0 amide bonds. The van der Waals surface area contributed by atoms with Gasteiger partial charge in [-0.15, -0.1) is 0 Å². The first-order chi connectivity index (χ1) is 14.6. The molecule has 166 valence electrons. The second kappa shape index (κ2) is 8.57. The van der Waals surface area contributed by atoms with Crippen molar-refractivity contribution in [2.24, 2.45) is 5.92 Å². The average molecular weight is 428 g/mol. The quantitative estimate of drug-likeness (QED) is 0.394. The maximum Gasteiger partial charge on any atom is 0.336 e. The summed E-state index contributed by atoms with van der Waals surface area (Å²) in [5.74, 6) is -0.928. The Morgan fingerprint density at radius 1 is 1.19 bits per heavy atom. The summed E-state index contributed by atoms with van der Waals surface area (Å²) in [4.78, 5) is 37.4. The van der Waals surface area contributed by atoms with E-state index in [4.69, 9.17) is 18.6 Å². The number of allylic oxidation sites excluding steroid dienone is 1. The summed E-state index contributed by atoms with van der Waals surface area (Å²) in [6, 6.07) is 6.44. The van der Waals surface area contributed by atoms with Gasteiger partial charge in [-0.05, 0) is 52.3 Å². The fourth-order valence-corrected chi connectivity index (χ4v) is 3.41. The van der Waals surface area contributed by atoms with Crippen LogP contribution in [0.25, 0.3) is 11.0 Å². The van der Waals surface area contributed by atoms with Gasteiger partial charge in [-0.3, -0.25) is 4.79 Å². The van der Waals surface area contributed by atoms with Crippen molar-refractivity contribution in [3.63, 3.8) is 0 Å². The van der Waals surface area contributed by atoms with Gasteiger partial charge in [0.1, 0.15) is 16.9 Å². The van der Waals surface area contributed by atoms with E-state index in [1.54, 1.807) is 58.9 Å². The number of rotatable bonds is 5. The number of benzene rings is 1. The Balaban J connectivity index is 2.21. The minimum absolute atomic E-state index is 0.242. The van der Waals surface area contributed by atoms with Crippen molar-refractivity contribution in [3.8, 4) is 5.75 Å². The van der Waals surface area contributed by atoms with Crippen LogP contribution in [0.5, 0.6) is 5.75 Å². The van der Waals surface area contributed by atoms with Crippen molar-refractivity contribution in [2.45, 2.75) is 65.8 Å². The van der Waals surface area contributed by atoms with E-state index in [1.807, 2.05) is 6.92 Å². The summed E-state index contributed by atoms with van der Waals surface area (Å²) < 4.78 is 23.3. The fraction of sp³-hybridized carbons (Fsp3) is 0.458. The molecule has 7 heteroatoms. The van der Waals surface area contributed by atoms with E-state index in [9.17, 15) is 14.4 Å². The van der Waals surface area contributed by atoms with Crippen molar-refractivity contribution < 1.29 is 28.2 Å². The van der Waals surface area contributed by atoms with E-state index in [0.717, 1.165) is 0 Å². The lowest BCUT2D eigenvalue weighted by molar-refractivity contribution is -0.189. The van der Waals surface area contributed by atoms with Gasteiger partial charge in [-0.2, -0.15) is 0 Å². The molecule has 0 radical (unpaired) electrons. The lowest BCUT2D eigenvalue weighted by Gasteiger charge is -2.43. The molecule has 0 saturated carbocycles. The van der Waals surface area contributed by atoms with E-state index in [2.05, 4.69) is 0 Å². The maximum atomic E-state index is 12.8. The van der Waals surface area contributed by atoms with Crippen molar-refractivity contribution in [2.75, 3.05) is 0 Å². The molecule has 0 fully saturated rings. The highest BCUT2D eigenvalue weighted by molar-refractivity contribution is 5.88. The Kier molecular flexibility index (Phi) is 6.25. The molecule has 0 aliphatic carbocycles. The van der Waals surface area contributed by atoms with E-state index >= 15 is 0 Å². The monoisotopic (exact) mass is 428 g/mol. The fourth-order valence-electron chi connectivity index (χ4n) is 3.41. The zero-order valence-electron chi connectivity index (χ0n) is 18.7. The van der Waals surface area contributed by atoms with Gasteiger partial charge in [-0.25, -0.2) is 9.59 Å². The molecule has 31 heavy (non-hydrogen) atoms. The SMILES string of the molecule is C/C=C(/C)C(=O)O[C@@H]1[C@H](OC(=O)C(C)CC)c2c(ccc3ccc(=O)oc23)OC1(C)C. The predicted octanol–water partition coefficient (Wildman–Crippen LogP) is 4.47. The number of esters is 2. The highest BCUT2D eigenvalue weighted by atomic mass is 16.6. The van der Waals surface area contributed by atoms with Gasteiger partial charge in [0.25, 0.3) is 0 Å². The molecule has 0 N–H and O–H groups in total. The molecule has 1 aliphatic heterocycles. The topological polar surface area (TPSA) is 92.0 Å². The lowest BCUT2D eigenvalue weighted by atomic mass is 9.87. The van der Waals surface area contributed by atoms with Crippen LogP contribution in [-0.2, 0) is 19.1 Å². The highest BCUT2D eigenvalue weighted by Gasteiger charge is 2.50. The molecule has 0 spiro atoms. The smallest absolute Gasteiger partial charge is 0.336 e. The average Bonchev–Trinajstić information content (AvgIpc) is 2.73. The Morgan fingerprint density at radius 2 is 1.87 bits per heavy atom. The van der Waals surface area contributed by atoms with Crippen molar-refractivity contribution in [1.29, 1.82) is 0 Å². The lowest BCUT2D eigenvalue weighted by Crippen LogP contribution is -2.52. The second-order valence-corrected chi connectivity index (χ2v) is 8.32. The molecule has 3 atom stereocenters. The third-order valence-electron chi connectivity index (χ3n) is 5.65. The standard InChI is InChI=1S/C24H28O7/c1-7-13(3)22(26)29-20-18-16(11-9-15-10-12-17(25)28-19(15)18)31-24(5,6)21(20)30-23(27)14(4)8-2/h8-13,20-21H,7H2,1-6H3/b14-8-/t13?,20-,21-/m1/s1. The number of carbonyl (C=O) groups excluding carboxylic acids is 2. The molecule has 1 aromatic carbocycles. The molecule has 2 aromatic rings. The largest absolute Gasteiger partial charge is 0.483 e. The molecule has 7 nitrogen and oxygen atoms in total. The van der Waals surface area contributed by atoms with Gasteiger partial charge in [0.15, 0.2) is 12.2 Å². The van der Waals surface area contributed by atoms with Gasteiger partial charge < -0.3 is 18.6 Å². The Labute approximate surface area is 181 Å². The zero-order valence-corrected chi connectivity index (χ0v) is 18.7. The minimum atomic E-state index is -1.01. The Hall–Kier alpha value is -3.09. The summed E-state index contributed by atoms with van der Waals surface area (Å²) in [5, 5.41) is 0.640. The predicted molar refractivity (Wildman–Crippen MR) is 115 cm³/mol. The third kappa shape index (κ3) is 4.36. The van der Waals surface area contributed by atoms with Crippen LogP contribution in [0.15, 0.2) is 45.1 Å². The number of ether oxygens (including phenoxy) is 3. The third-order valence-corrected chi connectivity index (χ3v) is 5.65. The molecule has 0 saturated heterocycles. The molecule has 2 heterocycles. The molecule has 1 aromatic heterocycles. The second-order valence-electron chi connectivity index (χ2n) is 8.32. The van der Waals surface area contributed by atoms with E-state index < -0.39 is 35.4 Å². The van der Waals surface area contributed by atoms with Crippen molar-refractivity contribution in [1.82, 2.24) is 0 Å². The Morgan fingerprint density at radius 3 is 2.52 bits per heavy atom. The Bertz CT molecular complexity index is 1090. The van der Waals surface area contributed by atoms with E-state index in [1.165, 1.54) is 6.07 Å². The number of carbonyl (C=O) groups is 2. The van der Waals surface area contributed by atoms with Crippen LogP contribution >= 0.6 is 0 Å². The molecular formula is C24H28O7. The molecule has 1 unspecified atom stereocenters. The molecular weight excluding hydrogens is 400 g/mol. The first kappa shape index (κ1) is 22.6. The maximum absolute atomic E-state index is 12.8. The van der Waals surface area contributed by atoms with Crippen molar-refractivity contribution in [3.05, 3.63) is 51.9 Å². The minimum Gasteiger partial charge on any atom is -0.483 e. The number of fused-ring (bicyclic) bond motifs is 3. The molecule has 0 bridgehead atoms. The van der Waals surface area contributed by atoms with Crippen LogP contribution in [0, 0.1) is 5.92 Å². The molecule has 3 rings (SSSR count). The van der Waals surface area contributed by atoms with Gasteiger partial charge in [0.2, 0.25) is 0 Å². The summed E-state index contributed by atoms with van der Waals surface area (Å²) in [7, 11) is 0. The molecule has 1 aliphatic rings. The summed E-state index contributed by atoms with van der Waals surface area (Å²) >= 11 is 0. The van der Waals surface area contributed by atoms with Gasteiger partial charge >= 0.3 is 17.6 Å². The highest BCUT2D eigenvalue weighted by Crippen LogP contribution is 2.46. The van der Waals surface area contributed by atoms with Crippen LogP contribution in [-0.4, -0.2) is 23.6 Å². The van der Waals surface area contributed by atoms with Gasteiger partial charge in [0, 0.05) is 17.0 Å². The van der Waals surface area contributed by atoms with Crippen LogP contribution in [0.4, 0.5) is 0 Å². The first-order valence-electron chi connectivity index (χ1n) is 10.4. The summed E-state index contributed by atoms with van der Waals surface area (Å²) in [6.45, 7) is 10.5. The zero-order chi connectivity index (χ0) is 22.9. The summed E-state index contributed by atoms with van der Waals surface area (Å²) in [5.41, 5.74) is -0.526. The number of hydrogen-bond acceptors (Lipinski definition) is 7. The normalized spacial score (nSPS) is 21.0. The summed E-state index contributed by atoms with van der Waals surface area (Å²) in [6.07, 6.45) is 0.252. The van der Waals surface area contributed by atoms with Crippen LogP contribution < -0.4 is 10.4 Å². The van der Waals surface area contributed by atoms with Gasteiger partial charge in [0.05, 0.1) is 11.5 Å². The van der Waals surface area contributed by atoms with Crippen molar-refractivity contribution >= 4 is 22.9 Å².